The molecule has 3 N–H and O–H groups in total. The molecule has 0 spiro atoms. The summed E-state index contributed by atoms with van der Waals surface area (Å²) in [5.74, 6) is 0. The maximum absolute atomic E-state index is 5.55. The molecule has 2 nitrogen and oxygen atoms in total. The Morgan fingerprint density at radius 1 is 1.40 bits per heavy atom. The summed E-state index contributed by atoms with van der Waals surface area (Å²) in [6.07, 6.45) is 2.10. The number of rotatable bonds is 3. The highest BCUT2D eigenvalue weighted by atomic mass is 79.9. The summed E-state index contributed by atoms with van der Waals surface area (Å²) in [6.45, 7) is 2.87. The van der Waals surface area contributed by atoms with Crippen LogP contribution in [0.3, 0.4) is 0 Å². The van der Waals surface area contributed by atoms with Gasteiger partial charge in [0.15, 0.2) is 0 Å². The summed E-state index contributed by atoms with van der Waals surface area (Å²) in [5, 5.41) is 1.32. The summed E-state index contributed by atoms with van der Waals surface area (Å²) in [5.41, 5.74) is 9.42. The molecule has 0 amide bonds. The van der Waals surface area contributed by atoms with E-state index in [1.54, 1.807) is 0 Å². The molecular formula is C12H15BrN2. The van der Waals surface area contributed by atoms with E-state index in [0.717, 1.165) is 23.9 Å². The molecule has 2 rings (SSSR count). The summed E-state index contributed by atoms with van der Waals surface area (Å²) in [6, 6.07) is 6.34. The molecule has 0 saturated heterocycles. The normalized spacial score (nSPS) is 11.1. The van der Waals surface area contributed by atoms with Crippen molar-refractivity contribution in [2.75, 3.05) is 6.54 Å². The summed E-state index contributed by atoms with van der Waals surface area (Å²) < 4.78 is 1.13. The Bertz CT molecular complexity index is 474. The van der Waals surface area contributed by atoms with E-state index in [4.69, 9.17) is 5.73 Å². The molecule has 0 aliphatic rings. The number of hydrogen-bond donors (Lipinski definition) is 2. The van der Waals surface area contributed by atoms with Crippen LogP contribution in [0.1, 0.15) is 17.7 Å². The number of aromatic nitrogens is 1. The number of nitrogens with two attached hydrogens (primary N) is 1. The topological polar surface area (TPSA) is 41.8 Å². The highest BCUT2D eigenvalue weighted by Crippen LogP contribution is 2.26. The van der Waals surface area contributed by atoms with Crippen molar-refractivity contribution in [2.24, 2.45) is 5.73 Å². The van der Waals surface area contributed by atoms with Crippen LogP contribution >= 0.6 is 15.9 Å². The lowest BCUT2D eigenvalue weighted by Gasteiger charge is -1.99. The van der Waals surface area contributed by atoms with E-state index in [9.17, 15) is 0 Å². The first-order valence-electron chi connectivity index (χ1n) is 5.19. The van der Waals surface area contributed by atoms with Gasteiger partial charge in [0.2, 0.25) is 0 Å². The Labute approximate surface area is 98.0 Å². The molecular weight excluding hydrogens is 252 g/mol. The second-order valence-corrected chi connectivity index (χ2v) is 4.73. The van der Waals surface area contributed by atoms with Gasteiger partial charge in [0.05, 0.1) is 0 Å². The SMILES string of the molecule is Cc1[nH]c2ccc(Br)cc2c1CCCN. The Morgan fingerprint density at radius 3 is 2.93 bits per heavy atom. The molecule has 1 aromatic carbocycles. The quantitative estimate of drug-likeness (QED) is 0.881. The molecule has 0 aliphatic heterocycles. The largest absolute Gasteiger partial charge is 0.358 e. The van der Waals surface area contributed by atoms with E-state index in [1.807, 2.05) is 0 Å². The number of nitrogens with one attached hydrogen (secondary N) is 1. The van der Waals surface area contributed by atoms with E-state index in [1.165, 1.54) is 22.2 Å². The Balaban J connectivity index is 2.50. The molecule has 15 heavy (non-hydrogen) atoms. The van der Waals surface area contributed by atoms with Gasteiger partial charge >= 0.3 is 0 Å². The molecule has 0 unspecified atom stereocenters. The molecule has 0 atom stereocenters. The van der Waals surface area contributed by atoms with Gasteiger partial charge in [-0.25, -0.2) is 0 Å². The van der Waals surface area contributed by atoms with Crippen molar-refractivity contribution in [3.05, 3.63) is 33.9 Å². The first-order chi connectivity index (χ1) is 7.22. The number of aryl methyl sites for hydroxylation is 2. The molecule has 0 saturated carbocycles. The van der Waals surface area contributed by atoms with E-state index >= 15 is 0 Å². The van der Waals surface area contributed by atoms with E-state index in [-0.39, 0.29) is 0 Å². The maximum Gasteiger partial charge on any atom is 0.0459 e. The zero-order valence-corrected chi connectivity index (χ0v) is 10.4. The van der Waals surface area contributed by atoms with Crippen LogP contribution in [-0.4, -0.2) is 11.5 Å². The Hall–Kier alpha value is -0.800. The fraction of sp³-hybridized carbons (Fsp3) is 0.333. The molecule has 0 radical (unpaired) electrons. The van der Waals surface area contributed by atoms with Gasteiger partial charge in [0.25, 0.3) is 0 Å². The molecule has 3 heteroatoms. The van der Waals surface area contributed by atoms with Gasteiger partial charge in [-0.2, -0.15) is 0 Å². The second kappa shape index (κ2) is 4.37. The van der Waals surface area contributed by atoms with Gasteiger partial charge in [-0.1, -0.05) is 15.9 Å². The zero-order chi connectivity index (χ0) is 10.8. The highest BCUT2D eigenvalue weighted by Gasteiger charge is 2.07. The van der Waals surface area contributed by atoms with Crippen LogP contribution in [0.15, 0.2) is 22.7 Å². The molecule has 1 heterocycles. The highest BCUT2D eigenvalue weighted by molar-refractivity contribution is 9.10. The van der Waals surface area contributed by atoms with Gasteiger partial charge in [-0.3, -0.25) is 0 Å². The van der Waals surface area contributed by atoms with Crippen LogP contribution in [0.4, 0.5) is 0 Å². The average Bonchev–Trinajstić information content (AvgIpc) is 2.51. The molecule has 2 aromatic rings. The Kier molecular flexibility index (Phi) is 3.12. The third-order valence-electron chi connectivity index (χ3n) is 2.71. The second-order valence-electron chi connectivity index (χ2n) is 3.81. The first kappa shape index (κ1) is 10.7. The fourth-order valence-corrected chi connectivity index (χ4v) is 2.32. The molecule has 1 aromatic heterocycles. The number of halogens is 1. The predicted octanol–water partition coefficient (Wildman–Crippen LogP) is 3.13. The average molecular weight is 267 g/mol. The van der Waals surface area contributed by atoms with E-state index in [0.29, 0.717) is 0 Å². The van der Waals surface area contributed by atoms with Gasteiger partial charge in [-0.15, -0.1) is 0 Å². The minimum absolute atomic E-state index is 0.750. The lowest BCUT2D eigenvalue weighted by atomic mass is 10.1. The van der Waals surface area contributed by atoms with Crippen LogP contribution < -0.4 is 5.73 Å². The molecule has 0 fully saturated rings. The minimum Gasteiger partial charge on any atom is -0.358 e. The van der Waals surface area contributed by atoms with E-state index in [2.05, 4.69) is 46.0 Å². The van der Waals surface area contributed by atoms with Crippen LogP contribution in [0.5, 0.6) is 0 Å². The monoisotopic (exact) mass is 266 g/mol. The van der Waals surface area contributed by atoms with Crippen molar-refractivity contribution in [3.63, 3.8) is 0 Å². The van der Waals surface area contributed by atoms with Crippen molar-refractivity contribution >= 4 is 26.8 Å². The maximum atomic E-state index is 5.55. The van der Waals surface area contributed by atoms with Crippen LogP contribution in [0, 0.1) is 6.92 Å². The summed E-state index contributed by atoms with van der Waals surface area (Å²) in [7, 11) is 0. The number of H-pyrrole nitrogens is 1. The van der Waals surface area contributed by atoms with Crippen molar-refractivity contribution in [2.45, 2.75) is 19.8 Å². The number of fused-ring (bicyclic) bond motifs is 1. The lowest BCUT2D eigenvalue weighted by molar-refractivity contribution is 0.831. The van der Waals surface area contributed by atoms with Crippen molar-refractivity contribution in [1.82, 2.24) is 4.98 Å². The smallest absolute Gasteiger partial charge is 0.0459 e. The number of aromatic amines is 1. The third-order valence-corrected chi connectivity index (χ3v) is 3.21. The minimum atomic E-state index is 0.750. The molecule has 0 bridgehead atoms. The van der Waals surface area contributed by atoms with Gasteiger partial charge in [0.1, 0.15) is 0 Å². The van der Waals surface area contributed by atoms with Gasteiger partial charge in [0, 0.05) is 21.1 Å². The number of benzene rings is 1. The van der Waals surface area contributed by atoms with Gasteiger partial charge < -0.3 is 10.7 Å². The summed E-state index contributed by atoms with van der Waals surface area (Å²) in [4.78, 5) is 3.40. The van der Waals surface area contributed by atoms with Gasteiger partial charge in [-0.05, 0) is 50.1 Å². The predicted molar refractivity (Wildman–Crippen MR) is 68.1 cm³/mol. The molecule has 0 aliphatic carbocycles. The number of hydrogen-bond acceptors (Lipinski definition) is 1. The third kappa shape index (κ3) is 2.08. The summed E-state index contributed by atoms with van der Waals surface area (Å²) >= 11 is 3.51. The fourth-order valence-electron chi connectivity index (χ4n) is 1.96. The van der Waals surface area contributed by atoms with Crippen LogP contribution in [0.25, 0.3) is 10.9 Å². The molecule has 80 valence electrons. The Morgan fingerprint density at radius 2 is 2.20 bits per heavy atom. The van der Waals surface area contributed by atoms with Crippen molar-refractivity contribution in [3.8, 4) is 0 Å². The zero-order valence-electron chi connectivity index (χ0n) is 8.81. The van der Waals surface area contributed by atoms with E-state index < -0.39 is 0 Å². The van der Waals surface area contributed by atoms with Crippen molar-refractivity contribution in [1.29, 1.82) is 0 Å². The lowest BCUT2D eigenvalue weighted by Crippen LogP contribution is -2.00. The van der Waals surface area contributed by atoms with Crippen LogP contribution in [0.2, 0.25) is 0 Å². The van der Waals surface area contributed by atoms with Crippen LogP contribution in [-0.2, 0) is 6.42 Å². The van der Waals surface area contributed by atoms with Crippen molar-refractivity contribution < 1.29 is 0 Å². The standard InChI is InChI=1S/C12H15BrN2/c1-8-10(3-2-6-14)11-7-9(13)4-5-12(11)15-8/h4-5,7,15H,2-3,6,14H2,1H3. The first-order valence-corrected chi connectivity index (χ1v) is 5.98.